The first-order valence-electron chi connectivity index (χ1n) is 13.4. The van der Waals surface area contributed by atoms with Crippen LogP contribution in [0.4, 0.5) is 9.18 Å². The standard InChI is InChI=1S/C30H37ClFN3O5/c1-18(2)13-25(28(38)34-24(17-36)15-20-11-12-33-27(20)37)35-29(39)40-26(19-7-5-10-23(32)14-19)30(3,4)21-8-6-9-22(31)16-21/h5-10,14,16-18,20,24-26H,11-13,15H2,1-4H3,(H,33,37)(H,34,38)(H,35,39). The lowest BCUT2D eigenvalue weighted by atomic mass is 9.76. The summed E-state index contributed by atoms with van der Waals surface area (Å²) in [5.41, 5.74) is 0.361. The molecule has 3 amide bonds. The maximum absolute atomic E-state index is 14.2. The second-order valence-electron chi connectivity index (χ2n) is 11.2. The smallest absolute Gasteiger partial charge is 0.408 e. The molecule has 4 atom stereocenters. The van der Waals surface area contributed by atoms with Crippen LogP contribution in [-0.2, 0) is 24.5 Å². The quantitative estimate of drug-likeness (QED) is 0.314. The predicted molar refractivity (Wildman–Crippen MR) is 150 cm³/mol. The lowest BCUT2D eigenvalue weighted by Crippen LogP contribution is -2.51. The molecule has 1 fully saturated rings. The molecule has 8 nitrogen and oxygen atoms in total. The predicted octanol–water partition coefficient (Wildman–Crippen LogP) is 4.85. The van der Waals surface area contributed by atoms with Gasteiger partial charge in [0.05, 0.1) is 6.04 Å². The van der Waals surface area contributed by atoms with Gasteiger partial charge in [0.2, 0.25) is 11.8 Å². The number of amides is 3. The van der Waals surface area contributed by atoms with E-state index in [1.54, 1.807) is 24.3 Å². The van der Waals surface area contributed by atoms with Crippen molar-refractivity contribution in [1.29, 1.82) is 0 Å². The summed E-state index contributed by atoms with van der Waals surface area (Å²) in [6, 6.07) is 11.0. The van der Waals surface area contributed by atoms with Crippen LogP contribution >= 0.6 is 11.6 Å². The van der Waals surface area contributed by atoms with Gasteiger partial charge in [-0.2, -0.15) is 0 Å². The number of carbonyl (C=O) groups excluding carboxylic acids is 4. The van der Waals surface area contributed by atoms with Gasteiger partial charge in [-0.15, -0.1) is 0 Å². The summed E-state index contributed by atoms with van der Waals surface area (Å²) in [5.74, 6) is -1.53. The molecule has 1 saturated heterocycles. The van der Waals surface area contributed by atoms with E-state index in [0.29, 0.717) is 29.8 Å². The molecule has 1 aliphatic heterocycles. The largest absolute Gasteiger partial charge is 0.440 e. The van der Waals surface area contributed by atoms with E-state index in [-0.39, 0.29) is 30.6 Å². The number of hydrogen-bond donors (Lipinski definition) is 3. The van der Waals surface area contributed by atoms with Gasteiger partial charge >= 0.3 is 6.09 Å². The van der Waals surface area contributed by atoms with Crippen LogP contribution in [0.15, 0.2) is 48.5 Å². The highest BCUT2D eigenvalue weighted by atomic mass is 35.5. The minimum Gasteiger partial charge on any atom is -0.440 e. The van der Waals surface area contributed by atoms with Crippen molar-refractivity contribution in [3.8, 4) is 0 Å². The normalized spacial score (nSPS) is 17.5. The molecule has 0 saturated carbocycles. The van der Waals surface area contributed by atoms with Crippen LogP contribution in [0, 0.1) is 17.7 Å². The Labute approximate surface area is 239 Å². The third-order valence-corrected chi connectivity index (χ3v) is 7.34. The summed E-state index contributed by atoms with van der Waals surface area (Å²) in [4.78, 5) is 50.1. The minimum absolute atomic E-state index is 0.0215. The molecule has 0 radical (unpaired) electrons. The number of alkyl carbamates (subject to hydrolysis) is 1. The van der Waals surface area contributed by atoms with Gasteiger partial charge in [-0.3, -0.25) is 9.59 Å². The Morgan fingerprint density at radius 3 is 2.50 bits per heavy atom. The average Bonchev–Trinajstić information content (AvgIpc) is 3.30. The zero-order valence-corrected chi connectivity index (χ0v) is 24.0. The summed E-state index contributed by atoms with van der Waals surface area (Å²) in [6.07, 6.45) is -0.172. The van der Waals surface area contributed by atoms with Crippen molar-refractivity contribution in [1.82, 2.24) is 16.0 Å². The molecule has 0 aliphatic carbocycles. The van der Waals surface area contributed by atoms with Crippen LogP contribution in [0.5, 0.6) is 0 Å². The Hall–Kier alpha value is -3.46. The number of carbonyl (C=O) groups is 4. The molecule has 1 aliphatic rings. The first-order valence-corrected chi connectivity index (χ1v) is 13.8. The monoisotopic (exact) mass is 573 g/mol. The van der Waals surface area contributed by atoms with Gasteiger partial charge in [0, 0.05) is 22.9 Å². The van der Waals surface area contributed by atoms with E-state index >= 15 is 0 Å². The highest BCUT2D eigenvalue weighted by Crippen LogP contribution is 2.40. The summed E-state index contributed by atoms with van der Waals surface area (Å²) in [5, 5.41) is 8.52. The van der Waals surface area contributed by atoms with Crippen molar-refractivity contribution in [3.05, 3.63) is 70.5 Å². The maximum Gasteiger partial charge on any atom is 0.408 e. The topological polar surface area (TPSA) is 114 Å². The van der Waals surface area contributed by atoms with Gasteiger partial charge in [-0.05, 0) is 60.6 Å². The summed E-state index contributed by atoms with van der Waals surface area (Å²) >= 11 is 6.23. The van der Waals surface area contributed by atoms with E-state index in [4.69, 9.17) is 16.3 Å². The Kier molecular flexibility index (Phi) is 10.7. The summed E-state index contributed by atoms with van der Waals surface area (Å²) < 4.78 is 20.1. The van der Waals surface area contributed by atoms with Crippen LogP contribution in [-0.4, -0.2) is 42.8 Å². The second-order valence-corrected chi connectivity index (χ2v) is 11.6. The van der Waals surface area contributed by atoms with Gasteiger partial charge in [0.15, 0.2) is 0 Å². The van der Waals surface area contributed by atoms with Crippen molar-refractivity contribution < 1.29 is 28.3 Å². The molecule has 3 rings (SSSR count). The molecule has 4 unspecified atom stereocenters. The van der Waals surface area contributed by atoms with Crippen molar-refractivity contribution in [2.75, 3.05) is 6.54 Å². The third kappa shape index (κ3) is 8.27. The van der Waals surface area contributed by atoms with Crippen molar-refractivity contribution in [2.24, 2.45) is 11.8 Å². The fourth-order valence-corrected chi connectivity index (χ4v) is 5.13. The minimum atomic E-state index is -1.00. The number of aldehydes is 1. The van der Waals surface area contributed by atoms with Gasteiger partial charge in [-0.25, -0.2) is 9.18 Å². The molecular weight excluding hydrogens is 537 g/mol. The molecule has 2 aromatic rings. The first kappa shape index (κ1) is 31.1. The number of nitrogens with one attached hydrogen (secondary N) is 3. The van der Waals surface area contributed by atoms with Crippen molar-refractivity contribution in [3.63, 3.8) is 0 Å². The lowest BCUT2D eigenvalue weighted by Gasteiger charge is -2.35. The fraction of sp³-hybridized carbons (Fsp3) is 0.467. The number of ether oxygens (including phenoxy) is 1. The Morgan fingerprint density at radius 2 is 1.90 bits per heavy atom. The zero-order chi connectivity index (χ0) is 29.4. The summed E-state index contributed by atoms with van der Waals surface area (Å²) in [6.45, 7) is 8.03. The molecule has 10 heteroatoms. The second kappa shape index (κ2) is 13.7. The molecule has 216 valence electrons. The summed E-state index contributed by atoms with van der Waals surface area (Å²) in [7, 11) is 0. The van der Waals surface area contributed by atoms with E-state index in [1.807, 2.05) is 33.8 Å². The van der Waals surface area contributed by atoms with Gasteiger partial charge in [0.1, 0.15) is 24.2 Å². The van der Waals surface area contributed by atoms with Crippen molar-refractivity contribution in [2.45, 2.75) is 70.6 Å². The molecule has 0 aromatic heterocycles. The van der Waals surface area contributed by atoms with Crippen LogP contribution in [0.2, 0.25) is 5.02 Å². The molecule has 0 bridgehead atoms. The van der Waals surface area contributed by atoms with E-state index < -0.39 is 41.4 Å². The molecule has 0 spiro atoms. The lowest BCUT2D eigenvalue weighted by molar-refractivity contribution is -0.127. The molecule has 3 N–H and O–H groups in total. The Morgan fingerprint density at radius 1 is 1.18 bits per heavy atom. The zero-order valence-electron chi connectivity index (χ0n) is 23.2. The van der Waals surface area contributed by atoms with Crippen LogP contribution in [0.1, 0.15) is 64.2 Å². The van der Waals surface area contributed by atoms with Gasteiger partial charge in [0.25, 0.3) is 0 Å². The maximum atomic E-state index is 14.2. The molecule has 40 heavy (non-hydrogen) atoms. The van der Waals surface area contributed by atoms with E-state index in [9.17, 15) is 23.6 Å². The van der Waals surface area contributed by atoms with E-state index in [1.165, 1.54) is 18.2 Å². The SMILES string of the molecule is CC(C)CC(NC(=O)OC(c1cccc(F)c1)C(C)(C)c1cccc(Cl)c1)C(=O)NC(C=O)CC1CCNC1=O. The third-order valence-electron chi connectivity index (χ3n) is 7.11. The number of hydrogen-bond acceptors (Lipinski definition) is 5. The first-order chi connectivity index (χ1) is 18.9. The van der Waals surface area contributed by atoms with Gasteiger partial charge < -0.3 is 25.5 Å². The fourth-order valence-electron chi connectivity index (χ4n) is 4.94. The molecule has 1 heterocycles. The van der Waals surface area contributed by atoms with Crippen LogP contribution in [0.25, 0.3) is 0 Å². The number of benzene rings is 2. The molecular formula is C30H37ClFN3O5. The number of halogens is 2. The molecule has 2 aromatic carbocycles. The Bertz CT molecular complexity index is 1220. The highest BCUT2D eigenvalue weighted by molar-refractivity contribution is 6.30. The Balaban J connectivity index is 1.80. The highest BCUT2D eigenvalue weighted by Gasteiger charge is 2.37. The van der Waals surface area contributed by atoms with Crippen LogP contribution in [0.3, 0.4) is 0 Å². The van der Waals surface area contributed by atoms with Crippen LogP contribution < -0.4 is 16.0 Å². The van der Waals surface area contributed by atoms with E-state index in [0.717, 1.165) is 5.56 Å². The van der Waals surface area contributed by atoms with Crippen molar-refractivity contribution >= 4 is 35.8 Å². The van der Waals surface area contributed by atoms with Gasteiger partial charge in [-0.1, -0.05) is 63.6 Å². The van der Waals surface area contributed by atoms with E-state index in [2.05, 4.69) is 16.0 Å². The number of rotatable bonds is 12. The average molecular weight is 574 g/mol.